The summed E-state index contributed by atoms with van der Waals surface area (Å²) in [6, 6.07) is 0. The zero-order valence-electron chi connectivity index (χ0n) is 3.92. The van der Waals surface area contributed by atoms with Crippen LogP contribution in [-0.2, 0) is 9.53 Å². The number of rotatable bonds is 1. The molecule has 0 amide bonds. The number of hydrogen-bond donors (Lipinski definition) is 1. The molecule has 0 rings (SSSR count). The summed E-state index contributed by atoms with van der Waals surface area (Å²) in [6.45, 7) is 1.25. The van der Waals surface area contributed by atoms with Crippen molar-refractivity contribution in [3.05, 3.63) is 12.5 Å². The molecule has 0 aromatic carbocycles. The van der Waals surface area contributed by atoms with Gasteiger partial charge in [0.1, 0.15) is 12.5 Å². The van der Waals surface area contributed by atoms with E-state index in [-0.39, 0.29) is 0 Å². The molecule has 0 unspecified atom stereocenters. The topological polar surface area (TPSA) is 46.5 Å². The molecule has 0 saturated carbocycles. The van der Waals surface area contributed by atoms with Crippen LogP contribution in [0.5, 0.6) is 0 Å². The van der Waals surface area contributed by atoms with E-state index in [9.17, 15) is 4.79 Å². The maximum Gasteiger partial charge on any atom is 0.307 e. The quantitative estimate of drug-likeness (QED) is 0.389. The van der Waals surface area contributed by atoms with E-state index in [2.05, 4.69) is 4.74 Å². The Labute approximate surface area is 41.2 Å². The molecule has 0 aliphatic rings. The largest absolute Gasteiger partial charge is 0.512 e. The van der Waals surface area contributed by atoms with Gasteiger partial charge in [-0.15, -0.1) is 0 Å². The summed E-state index contributed by atoms with van der Waals surface area (Å²) in [7, 11) is 0. The number of ether oxygens (including phenoxy) is 1. The molecular formula is C4H6O3. The molecule has 0 aliphatic heterocycles. The summed E-state index contributed by atoms with van der Waals surface area (Å²) < 4.78 is 4.12. The Bertz CT molecular complexity index is 84.9. The Morgan fingerprint density at radius 2 is 2.43 bits per heavy atom. The fraction of sp³-hybridized carbons (Fsp3) is 0.250. The Balaban J connectivity index is 3.14. The first-order valence-corrected chi connectivity index (χ1v) is 1.74. The minimum atomic E-state index is -0.440. The van der Waals surface area contributed by atoms with Crippen molar-refractivity contribution >= 4 is 5.97 Å². The van der Waals surface area contributed by atoms with Crippen molar-refractivity contribution in [3.8, 4) is 0 Å². The normalized spacial score (nSPS) is 9.29. The number of hydrogen-bond acceptors (Lipinski definition) is 3. The Morgan fingerprint density at radius 3 is 2.57 bits per heavy atom. The predicted octanol–water partition coefficient (Wildman–Crippen LogP) is 0.579. The van der Waals surface area contributed by atoms with Crippen LogP contribution in [0.1, 0.15) is 6.92 Å². The van der Waals surface area contributed by atoms with E-state index in [0.717, 1.165) is 6.26 Å². The molecule has 0 fully saturated rings. The van der Waals surface area contributed by atoms with Crippen LogP contribution in [0.4, 0.5) is 0 Å². The predicted molar refractivity (Wildman–Crippen MR) is 23.5 cm³/mol. The van der Waals surface area contributed by atoms with Gasteiger partial charge in [-0.05, 0) is 0 Å². The Kier molecular flexibility index (Phi) is 2.76. The van der Waals surface area contributed by atoms with E-state index in [4.69, 9.17) is 5.11 Å². The van der Waals surface area contributed by atoms with Gasteiger partial charge in [0, 0.05) is 6.92 Å². The molecule has 1 N–H and O–H groups in total. The zero-order valence-corrected chi connectivity index (χ0v) is 3.92. The van der Waals surface area contributed by atoms with Crippen LogP contribution < -0.4 is 0 Å². The Hall–Kier alpha value is -0.990. The van der Waals surface area contributed by atoms with Gasteiger partial charge < -0.3 is 9.84 Å². The van der Waals surface area contributed by atoms with E-state index in [0.29, 0.717) is 6.26 Å². The van der Waals surface area contributed by atoms with E-state index in [1.165, 1.54) is 6.92 Å². The van der Waals surface area contributed by atoms with E-state index >= 15 is 0 Å². The second-order valence-electron chi connectivity index (χ2n) is 0.895. The maximum atomic E-state index is 9.82. The summed E-state index contributed by atoms with van der Waals surface area (Å²) >= 11 is 0. The lowest BCUT2D eigenvalue weighted by atomic mass is 10.8. The third-order valence-corrected chi connectivity index (χ3v) is 0.295. The van der Waals surface area contributed by atoms with Gasteiger partial charge in [0.15, 0.2) is 0 Å². The summed E-state index contributed by atoms with van der Waals surface area (Å²) in [6.07, 6.45) is 1.56. The molecule has 3 heteroatoms. The third-order valence-electron chi connectivity index (χ3n) is 0.295. The highest BCUT2D eigenvalue weighted by Gasteiger charge is 1.81. The fourth-order valence-corrected chi connectivity index (χ4v) is 0.126. The molecule has 7 heavy (non-hydrogen) atoms. The van der Waals surface area contributed by atoms with Crippen LogP contribution in [0.25, 0.3) is 0 Å². The summed E-state index contributed by atoms with van der Waals surface area (Å²) in [5.74, 6) is -0.440. The van der Waals surface area contributed by atoms with E-state index < -0.39 is 5.97 Å². The lowest BCUT2D eigenvalue weighted by Gasteiger charge is -1.84. The smallest absolute Gasteiger partial charge is 0.307 e. The zero-order chi connectivity index (χ0) is 5.70. The fourth-order valence-electron chi connectivity index (χ4n) is 0.126. The van der Waals surface area contributed by atoms with Gasteiger partial charge in [-0.25, -0.2) is 0 Å². The van der Waals surface area contributed by atoms with Crippen LogP contribution in [-0.4, -0.2) is 11.1 Å². The van der Waals surface area contributed by atoms with Crippen LogP contribution in [0.15, 0.2) is 12.5 Å². The number of carbonyl (C=O) groups excluding carboxylic acids is 1. The van der Waals surface area contributed by atoms with Crippen LogP contribution in [0.2, 0.25) is 0 Å². The lowest BCUT2D eigenvalue weighted by molar-refractivity contribution is -0.135. The molecule has 40 valence electrons. The third kappa shape index (κ3) is 5.01. The van der Waals surface area contributed by atoms with Gasteiger partial charge in [-0.1, -0.05) is 0 Å². The molecule has 0 aromatic heterocycles. The first-order chi connectivity index (χ1) is 3.27. The van der Waals surface area contributed by atoms with Crippen LogP contribution >= 0.6 is 0 Å². The molecule has 0 radical (unpaired) electrons. The summed E-state index contributed by atoms with van der Waals surface area (Å²) in [5.41, 5.74) is 0. The molecule has 0 atom stereocenters. The minimum Gasteiger partial charge on any atom is -0.512 e. The molecule has 3 nitrogen and oxygen atoms in total. The second kappa shape index (κ2) is 3.21. The Morgan fingerprint density at radius 1 is 1.86 bits per heavy atom. The highest BCUT2D eigenvalue weighted by molar-refractivity contribution is 5.66. The molecule has 0 heterocycles. The highest BCUT2D eigenvalue weighted by Crippen LogP contribution is 1.73. The van der Waals surface area contributed by atoms with Gasteiger partial charge in [0.25, 0.3) is 0 Å². The number of carbonyl (C=O) groups is 1. The maximum absolute atomic E-state index is 9.82. The molecule has 0 aromatic rings. The SMILES string of the molecule is CC(=O)OC=CO. The number of aliphatic hydroxyl groups excluding tert-OH is 1. The summed E-state index contributed by atoms with van der Waals surface area (Å²) in [5, 5.41) is 7.86. The average Bonchev–Trinajstić information content (AvgIpc) is 1.61. The van der Waals surface area contributed by atoms with Crippen LogP contribution in [0, 0.1) is 0 Å². The van der Waals surface area contributed by atoms with Crippen molar-refractivity contribution < 1.29 is 14.6 Å². The molecule has 0 bridgehead atoms. The van der Waals surface area contributed by atoms with E-state index in [1.807, 2.05) is 0 Å². The lowest BCUT2D eigenvalue weighted by Crippen LogP contribution is -1.88. The van der Waals surface area contributed by atoms with Crippen LogP contribution in [0.3, 0.4) is 0 Å². The van der Waals surface area contributed by atoms with Crippen molar-refractivity contribution in [1.82, 2.24) is 0 Å². The molecule has 0 aliphatic carbocycles. The van der Waals surface area contributed by atoms with Gasteiger partial charge in [0.2, 0.25) is 0 Å². The van der Waals surface area contributed by atoms with E-state index in [1.54, 1.807) is 0 Å². The minimum absolute atomic E-state index is 0.440. The number of aliphatic hydroxyl groups is 1. The monoisotopic (exact) mass is 102 g/mol. The number of esters is 1. The van der Waals surface area contributed by atoms with Crippen molar-refractivity contribution in [2.45, 2.75) is 6.92 Å². The first-order valence-electron chi connectivity index (χ1n) is 1.74. The molecule has 0 saturated heterocycles. The second-order valence-corrected chi connectivity index (χ2v) is 0.895. The van der Waals surface area contributed by atoms with Gasteiger partial charge in [-0.3, -0.25) is 4.79 Å². The first kappa shape index (κ1) is 6.01. The summed E-state index contributed by atoms with van der Waals surface area (Å²) in [4.78, 5) is 9.82. The van der Waals surface area contributed by atoms with Gasteiger partial charge in [-0.2, -0.15) is 0 Å². The molecule has 0 spiro atoms. The van der Waals surface area contributed by atoms with Crippen molar-refractivity contribution in [3.63, 3.8) is 0 Å². The highest BCUT2D eigenvalue weighted by atomic mass is 16.5. The van der Waals surface area contributed by atoms with Crippen molar-refractivity contribution in [2.75, 3.05) is 0 Å². The van der Waals surface area contributed by atoms with Crippen molar-refractivity contribution in [1.29, 1.82) is 0 Å². The molecular weight excluding hydrogens is 96.0 g/mol. The standard InChI is InChI=1S/C4H6O3/c1-4(6)7-3-2-5/h2-3,5H,1H3. The van der Waals surface area contributed by atoms with Gasteiger partial charge >= 0.3 is 5.97 Å². The van der Waals surface area contributed by atoms with Gasteiger partial charge in [0.05, 0.1) is 0 Å². The average molecular weight is 102 g/mol. The van der Waals surface area contributed by atoms with Crippen molar-refractivity contribution in [2.24, 2.45) is 0 Å².